The van der Waals surface area contributed by atoms with E-state index < -0.39 is 0 Å². The number of hydrogen-bond acceptors (Lipinski definition) is 4. The van der Waals surface area contributed by atoms with Crippen LogP contribution in [0.2, 0.25) is 0 Å². The summed E-state index contributed by atoms with van der Waals surface area (Å²) in [4.78, 5) is 9.18. The molecule has 0 unspecified atom stereocenters. The maximum Gasteiger partial charge on any atom is 0.226 e. The van der Waals surface area contributed by atoms with E-state index in [1.165, 1.54) is 5.56 Å². The van der Waals surface area contributed by atoms with Gasteiger partial charge in [0.05, 0.1) is 25.9 Å². The van der Waals surface area contributed by atoms with Crippen LogP contribution in [0.5, 0.6) is 5.75 Å². The molecule has 1 aromatic heterocycles. The van der Waals surface area contributed by atoms with Gasteiger partial charge in [-0.2, -0.15) is 0 Å². The fraction of sp³-hybridized carbons (Fsp3) is 0.273. The molecule has 1 heterocycles. The van der Waals surface area contributed by atoms with Crippen LogP contribution < -0.4 is 15.4 Å². The third kappa shape index (κ3) is 5.36. The molecule has 6 heteroatoms. The zero-order valence-corrected chi connectivity index (χ0v) is 16.5. The quantitative estimate of drug-likeness (QED) is 0.482. The third-order valence-electron chi connectivity index (χ3n) is 4.21. The summed E-state index contributed by atoms with van der Waals surface area (Å²) in [6, 6.07) is 16.0. The zero-order valence-electron chi connectivity index (χ0n) is 16.5. The molecule has 0 amide bonds. The minimum absolute atomic E-state index is 0.532. The maximum absolute atomic E-state index is 5.61. The maximum atomic E-state index is 5.61. The molecule has 0 aliphatic rings. The molecule has 0 aliphatic heterocycles. The second kappa shape index (κ2) is 9.60. The van der Waals surface area contributed by atoms with Crippen molar-refractivity contribution in [3.8, 4) is 17.2 Å². The first-order chi connectivity index (χ1) is 13.7. The third-order valence-corrected chi connectivity index (χ3v) is 4.21. The number of aromatic nitrogens is 1. The van der Waals surface area contributed by atoms with Crippen LogP contribution in [0.3, 0.4) is 0 Å². The van der Waals surface area contributed by atoms with Crippen LogP contribution in [-0.2, 0) is 13.1 Å². The number of methoxy groups -OCH3 is 1. The second-order valence-corrected chi connectivity index (χ2v) is 6.41. The van der Waals surface area contributed by atoms with Crippen LogP contribution in [0.1, 0.15) is 23.7 Å². The normalized spacial score (nSPS) is 11.3. The van der Waals surface area contributed by atoms with Crippen LogP contribution in [-0.4, -0.2) is 24.6 Å². The molecular weight excluding hydrogens is 352 g/mol. The number of oxazole rings is 1. The predicted molar refractivity (Wildman–Crippen MR) is 111 cm³/mol. The highest BCUT2D eigenvalue weighted by molar-refractivity contribution is 5.79. The molecule has 146 valence electrons. The number of rotatable bonds is 7. The van der Waals surface area contributed by atoms with Crippen molar-refractivity contribution in [2.45, 2.75) is 26.9 Å². The lowest BCUT2D eigenvalue weighted by molar-refractivity contribution is 0.414. The Morgan fingerprint density at radius 2 is 1.82 bits per heavy atom. The highest BCUT2D eigenvalue weighted by atomic mass is 16.5. The van der Waals surface area contributed by atoms with Crippen LogP contribution >= 0.6 is 0 Å². The monoisotopic (exact) mass is 378 g/mol. The molecule has 0 radical (unpaired) electrons. The van der Waals surface area contributed by atoms with Crippen LogP contribution in [0, 0.1) is 6.92 Å². The average molecular weight is 378 g/mol. The van der Waals surface area contributed by atoms with Gasteiger partial charge in [0, 0.05) is 12.1 Å². The standard InChI is InChI=1S/C22H26N4O2/c1-4-23-22(24-13-17-7-11-20(27-3)12-8-17)25-14-19-15-28-21(26-19)18-9-5-16(2)6-10-18/h5-12,15H,4,13-14H2,1-3H3,(H2,23,24,25). The lowest BCUT2D eigenvalue weighted by Gasteiger charge is -2.10. The molecule has 6 nitrogen and oxygen atoms in total. The van der Waals surface area contributed by atoms with E-state index in [4.69, 9.17) is 9.15 Å². The highest BCUT2D eigenvalue weighted by Gasteiger charge is 2.07. The molecule has 0 bridgehead atoms. The van der Waals surface area contributed by atoms with Gasteiger partial charge in [0.25, 0.3) is 0 Å². The van der Waals surface area contributed by atoms with Gasteiger partial charge in [-0.3, -0.25) is 0 Å². The minimum Gasteiger partial charge on any atom is -0.497 e. The smallest absolute Gasteiger partial charge is 0.226 e. The van der Waals surface area contributed by atoms with Crippen LogP contribution in [0.25, 0.3) is 11.5 Å². The van der Waals surface area contributed by atoms with E-state index in [1.54, 1.807) is 13.4 Å². The Labute approximate surface area is 165 Å². The van der Waals surface area contributed by atoms with Crippen LogP contribution in [0.15, 0.2) is 64.2 Å². The fourth-order valence-electron chi connectivity index (χ4n) is 2.63. The topological polar surface area (TPSA) is 71.7 Å². The van der Waals surface area contributed by atoms with Gasteiger partial charge in [-0.15, -0.1) is 0 Å². The Morgan fingerprint density at radius 1 is 1.07 bits per heavy atom. The summed E-state index contributed by atoms with van der Waals surface area (Å²) >= 11 is 0. The number of benzene rings is 2. The molecule has 0 spiro atoms. The van der Waals surface area contributed by atoms with E-state index >= 15 is 0 Å². The van der Waals surface area contributed by atoms with Crippen molar-refractivity contribution in [2.75, 3.05) is 13.7 Å². The molecule has 28 heavy (non-hydrogen) atoms. The van der Waals surface area contributed by atoms with E-state index in [1.807, 2.05) is 55.5 Å². The Balaban J connectivity index is 1.60. The SMILES string of the molecule is CCNC(=NCc1ccc(OC)cc1)NCc1coc(-c2ccc(C)cc2)n1. The first-order valence-electron chi connectivity index (χ1n) is 9.34. The first kappa shape index (κ1) is 19.5. The zero-order chi connectivity index (χ0) is 19.8. The average Bonchev–Trinajstić information content (AvgIpc) is 3.20. The summed E-state index contributed by atoms with van der Waals surface area (Å²) in [6.07, 6.45) is 1.68. The van der Waals surface area contributed by atoms with Gasteiger partial charge in [0.15, 0.2) is 5.96 Å². The van der Waals surface area contributed by atoms with E-state index in [0.717, 1.165) is 35.1 Å². The Morgan fingerprint density at radius 3 is 2.50 bits per heavy atom. The summed E-state index contributed by atoms with van der Waals surface area (Å²) in [7, 11) is 1.66. The van der Waals surface area contributed by atoms with Gasteiger partial charge < -0.3 is 19.8 Å². The fourth-order valence-corrected chi connectivity index (χ4v) is 2.63. The molecule has 0 fully saturated rings. The van der Waals surface area contributed by atoms with Crippen molar-refractivity contribution >= 4 is 5.96 Å². The molecule has 0 atom stereocenters. The number of nitrogens with one attached hydrogen (secondary N) is 2. The summed E-state index contributed by atoms with van der Waals surface area (Å²) in [5.74, 6) is 2.20. The number of nitrogens with zero attached hydrogens (tertiary/aromatic N) is 2. The number of ether oxygens (including phenoxy) is 1. The highest BCUT2D eigenvalue weighted by Crippen LogP contribution is 2.19. The number of hydrogen-bond donors (Lipinski definition) is 2. The first-order valence-corrected chi connectivity index (χ1v) is 9.34. The number of guanidine groups is 1. The van der Waals surface area contributed by atoms with Gasteiger partial charge in [0.1, 0.15) is 12.0 Å². The van der Waals surface area contributed by atoms with Crippen molar-refractivity contribution in [1.82, 2.24) is 15.6 Å². The molecule has 3 rings (SSSR count). The predicted octanol–water partition coefficient (Wildman–Crippen LogP) is 3.91. The van der Waals surface area contributed by atoms with Crippen molar-refractivity contribution in [3.63, 3.8) is 0 Å². The summed E-state index contributed by atoms with van der Waals surface area (Å²) in [5.41, 5.74) is 4.12. The van der Waals surface area contributed by atoms with Crippen molar-refractivity contribution < 1.29 is 9.15 Å². The molecule has 0 saturated carbocycles. The number of aliphatic imine (C=N–C) groups is 1. The van der Waals surface area contributed by atoms with Crippen molar-refractivity contribution in [2.24, 2.45) is 4.99 Å². The van der Waals surface area contributed by atoms with E-state index in [9.17, 15) is 0 Å². The van der Waals surface area contributed by atoms with E-state index in [2.05, 4.69) is 27.5 Å². The summed E-state index contributed by atoms with van der Waals surface area (Å²) < 4.78 is 10.8. The molecule has 2 aromatic carbocycles. The van der Waals surface area contributed by atoms with Gasteiger partial charge in [-0.25, -0.2) is 9.98 Å². The van der Waals surface area contributed by atoms with Crippen LogP contribution in [0.4, 0.5) is 0 Å². The Kier molecular flexibility index (Phi) is 6.68. The van der Waals surface area contributed by atoms with Gasteiger partial charge in [0.2, 0.25) is 5.89 Å². The van der Waals surface area contributed by atoms with E-state index in [0.29, 0.717) is 19.0 Å². The van der Waals surface area contributed by atoms with E-state index in [-0.39, 0.29) is 0 Å². The summed E-state index contributed by atoms with van der Waals surface area (Å²) in [6.45, 7) is 5.98. The molecule has 0 aliphatic carbocycles. The van der Waals surface area contributed by atoms with Gasteiger partial charge in [-0.1, -0.05) is 29.8 Å². The minimum atomic E-state index is 0.532. The molecule has 0 saturated heterocycles. The van der Waals surface area contributed by atoms with Gasteiger partial charge in [-0.05, 0) is 43.7 Å². The summed E-state index contributed by atoms with van der Waals surface area (Å²) in [5, 5.41) is 6.54. The molecule has 3 aromatic rings. The number of aryl methyl sites for hydroxylation is 1. The Hall–Kier alpha value is -3.28. The Bertz CT molecular complexity index is 899. The van der Waals surface area contributed by atoms with Crippen molar-refractivity contribution in [3.05, 3.63) is 71.6 Å². The lowest BCUT2D eigenvalue weighted by Crippen LogP contribution is -2.36. The second-order valence-electron chi connectivity index (χ2n) is 6.41. The van der Waals surface area contributed by atoms with Crippen molar-refractivity contribution in [1.29, 1.82) is 0 Å². The lowest BCUT2D eigenvalue weighted by atomic mass is 10.1. The van der Waals surface area contributed by atoms with Gasteiger partial charge >= 0.3 is 0 Å². The largest absolute Gasteiger partial charge is 0.497 e. The molecular formula is C22H26N4O2. The molecule has 2 N–H and O–H groups in total.